The normalized spacial score (nSPS) is 26.2. The summed E-state index contributed by atoms with van der Waals surface area (Å²) in [6.07, 6.45) is 5.30. The van der Waals surface area contributed by atoms with Gasteiger partial charge < -0.3 is 10.2 Å². The van der Waals surface area contributed by atoms with E-state index in [0.717, 1.165) is 25.6 Å². The molecule has 1 aliphatic carbocycles. The number of hydrogen-bond donors (Lipinski definition) is 1. The van der Waals surface area contributed by atoms with Gasteiger partial charge in [-0.05, 0) is 56.0 Å². The third-order valence-corrected chi connectivity index (χ3v) is 4.86. The van der Waals surface area contributed by atoms with E-state index in [9.17, 15) is 4.39 Å². The summed E-state index contributed by atoms with van der Waals surface area (Å²) in [5.41, 5.74) is 1.58. The second-order valence-electron chi connectivity index (χ2n) is 7.01. The molecule has 0 aromatic heterocycles. The first-order chi connectivity index (χ1) is 10.0. The average Bonchev–Trinajstić information content (AvgIpc) is 2.45. The first kappa shape index (κ1) is 16.4. The highest BCUT2D eigenvalue weighted by Gasteiger charge is 2.34. The van der Waals surface area contributed by atoms with E-state index in [0.29, 0.717) is 5.41 Å². The Hall–Kier alpha value is -0.930. The fourth-order valence-electron chi connectivity index (χ4n) is 3.67. The number of halogens is 1. The highest BCUT2D eigenvalue weighted by Crippen LogP contribution is 2.39. The van der Waals surface area contributed by atoms with Crippen molar-refractivity contribution in [3.63, 3.8) is 0 Å². The van der Waals surface area contributed by atoms with Crippen molar-refractivity contribution >= 4 is 0 Å². The van der Waals surface area contributed by atoms with Crippen LogP contribution in [0.2, 0.25) is 0 Å². The maximum atomic E-state index is 13.0. The van der Waals surface area contributed by atoms with Crippen LogP contribution in [0.4, 0.5) is 4.39 Å². The van der Waals surface area contributed by atoms with E-state index in [1.54, 1.807) is 12.1 Å². The van der Waals surface area contributed by atoms with E-state index in [1.807, 2.05) is 12.1 Å². The van der Waals surface area contributed by atoms with Gasteiger partial charge in [0, 0.05) is 19.6 Å². The molecule has 0 heterocycles. The Bertz CT molecular complexity index is 421. The molecule has 0 unspecified atom stereocenters. The van der Waals surface area contributed by atoms with E-state index in [1.165, 1.54) is 31.2 Å². The Morgan fingerprint density at radius 1 is 1.24 bits per heavy atom. The van der Waals surface area contributed by atoms with E-state index in [-0.39, 0.29) is 5.82 Å². The summed E-state index contributed by atoms with van der Waals surface area (Å²) in [7, 11) is 4.23. The average molecular weight is 292 g/mol. The lowest BCUT2D eigenvalue weighted by Crippen LogP contribution is -2.44. The quantitative estimate of drug-likeness (QED) is 0.860. The minimum atomic E-state index is -0.158. The molecule has 2 rings (SSSR count). The predicted octanol–water partition coefficient (Wildman–Crippen LogP) is 3.67. The van der Waals surface area contributed by atoms with Crippen LogP contribution < -0.4 is 5.32 Å². The largest absolute Gasteiger partial charge is 0.319 e. The first-order valence-electron chi connectivity index (χ1n) is 8.11. The van der Waals surface area contributed by atoms with Crippen LogP contribution >= 0.6 is 0 Å². The molecule has 0 amide bonds. The van der Waals surface area contributed by atoms with Crippen molar-refractivity contribution < 1.29 is 4.39 Å². The van der Waals surface area contributed by atoms with Gasteiger partial charge in [0.05, 0.1) is 0 Å². The zero-order valence-electron chi connectivity index (χ0n) is 13.7. The zero-order valence-corrected chi connectivity index (χ0v) is 13.7. The molecule has 1 fully saturated rings. The zero-order chi connectivity index (χ0) is 15.3. The van der Waals surface area contributed by atoms with Crippen molar-refractivity contribution in [2.45, 2.75) is 39.2 Å². The van der Waals surface area contributed by atoms with E-state index >= 15 is 0 Å². The molecule has 0 saturated heterocycles. The summed E-state index contributed by atoms with van der Waals surface area (Å²) < 4.78 is 13.0. The van der Waals surface area contributed by atoms with Crippen LogP contribution in [0, 0.1) is 17.2 Å². The van der Waals surface area contributed by atoms with Gasteiger partial charge in [-0.2, -0.15) is 0 Å². The van der Waals surface area contributed by atoms with Gasteiger partial charge >= 0.3 is 0 Å². The van der Waals surface area contributed by atoms with Crippen molar-refractivity contribution in [2.24, 2.45) is 11.3 Å². The van der Waals surface area contributed by atoms with Crippen LogP contribution in [-0.4, -0.2) is 32.1 Å². The molecular formula is C18H29FN2. The molecule has 0 bridgehead atoms. The maximum Gasteiger partial charge on any atom is 0.123 e. The number of hydrogen-bond acceptors (Lipinski definition) is 2. The highest BCUT2D eigenvalue weighted by atomic mass is 19.1. The summed E-state index contributed by atoms with van der Waals surface area (Å²) in [5, 5.41) is 3.39. The lowest BCUT2D eigenvalue weighted by molar-refractivity contribution is 0.0979. The number of nitrogens with zero attached hydrogens (tertiary/aromatic N) is 1. The number of benzene rings is 1. The second-order valence-corrected chi connectivity index (χ2v) is 7.01. The molecule has 3 heteroatoms. The van der Waals surface area contributed by atoms with Gasteiger partial charge in [-0.15, -0.1) is 0 Å². The van der Waals surface area contributed by atoms with Crippen LogP contribution in [0.3, 0.4) is 0 Å². The monoisotopic (exact) mass is 292 g/mol. The Morgan fingerprint density at radius 2 is 1.86 bits per heavy atom. The van der Waals surface area contributed by atoms with Crippen LogP contribution in [-0.2, 0) is 6.54 Å². The molecule has 0 atom stereocenters. The second kappa shape index (κ2) is 7.37. The molecule has 0 aliphatic heterocycles. The summed E-state index contributed by atoms with van der Waals surface area (Å²) in [6.45, 7) is 5.46. The molecule has 1 aromatic carbocycles. The minimum absolute atomic E-state index is 0.158. The lowest BCUT2D eigenvalue weighted by Gasteiger charge is -2.42. The van der Waals surface area contributed by atoms with Gasteiger partial charge in [0.15, 0.2) is 0 Å². The Kier molecular flexibility index (Phi) is 5.77. The summed E-state index contributed by atoms with van der Waals surface area (Å²) in [5.74, 6) is 0.715. The van der Waals surface area contributed by atoms with E-state index in [2.05, 4.69) is 31.2 Å². The van der Waals surface area contributed by atoms with Crippen molar-refractivity contribution in [3.05, 3.63) is 35.6 Å². The molecule has 21 heavy (non-hydrogen) atoms. The van der Waals surface area contributed by atoms with Crippen molar-refractivity contribution in [2.75, 3.05) is 27.2 Å². The summed E-state index contributed by atoms with van der Waals surface area (Å²) in [4.78, 5) is 2.39. The van der Waals surface area contributed by atoms with Gasteiger partial charge in [0.25, 0.3) is 0 Å². The third kappa shape index (κ3) is 4.79. The molecule has 0 spiro atoms. The third-order valence-electron chi connectivity index (χ3n) is 4.86. The van der Waals surface area contributed by atoms with Crippen molar-refractivity contribution in [1.82, 2.24) is 10.2 Å². The van der Waals surface area contributed by atoms with Crippen molar-refractivity contribution in [1.29, 1.82) is 0 Å². The SMILES string of the molecule is CNCC1(CN(C)Cc2ccc(F)cc2)CCC(C)CC1. The van der Waals surface area contributed by atoms with E-state index < -0.39 is 0 Å². The molecule has 2 nitrogen and oxygen atoms in total. The van der Waals surface area contributed by atoms with Gasteiger partial charge in [-0.25, -0.2) is 4.39 Å². The topological polar surface area (TPSA) is 15.3 Å². The minimum Gasteiger partial charge on any atom is -0.319 e. The standard InChI is InChI=1S/C18H29FN2/c1-15-8-10-18(11-9-15,13-20-2)14-21(3)12-16-4-6-17(19)7-5-16/h4-7,15,20H,8-14H2,1-3H3. The smallest absolute Gasteiger partial charge is 0.123 e. The van der Waals surface area contributed by atoms with Crippen LogP contribution in [0.15, 0.2) is 24.3 Å². The molecular weight excluding hydrogens is 263 g/mol. The summed E-state index contributed by atoms with van der Waals surface area (Å²) in [6, 6.07) is 6.88. The van der Waals surface area contributed by atoms with Gasteiger partial charge in [0.2, 0.25) is 0 Å². The van der Waals surface area contributed by atoms with Crippen LogP contribution in [0.25, 0.3) is 0 Å². The van der Waals surface area contributed by atoms with E-state index in [4.69, 9.17) is 0 Å². The Morgan fingerprint density at radius 3 is 2.43 bits per heavy atom. The fourth-order valence-corrected chi connectivity index (χ4v) is 3.67. The molecule has 1 aliphatic rings. The molecule has 1 aromatic rings. The van der Waals surface area contributed by atoms with Gasteiger partial charge in [0.1, 0.15) is 5.82 Å². The number of nitrogens with one attached hydrogen (secondary N) is 1. The molecule has 1 N–H and O–H groups in total. The predicted molar refractivity (Wildman–Crippen MR) is 86.7 cm³/mol. The fraction of sp³-hybridized carbons (Fsp3) is 0.667. The van der Waals surface area contributed by atoms with Crippen molar-refractivity contribution in [3.8, 4) is 0 Å². The Balaban J connectivity index is 1.94. The lowest BCUT2D eigenvalue weighted by atomic mass is 9.70. The van der Waals surface area contributed by atoms with Crippen LogP contribution in [0.5, 0.6) is 0 Å². The highest BCUT2D eigenvalue weighted by molar-refractivity contribution is 5.15. The molecule has 118 valence electrons. The molecule has 0 radical (unpaired) electrons. The Labute approximate surface area is 128 Å². The summed E-state index contributed by atoms with van der Waals surface area (Å²) >= 11 is 0. The number of rotatable bonds is 6. The molecule has 1 saturated carbocycles. The first-order valence-corrected chi connectivity index (χ1v) is 8.11. The maximum absolute atomic E-state index is 13.0. The van der Waals surface area contributed by atoms with Gasteiger partial charge in [-0.3, -0.25) is 0 Å². The van der Waals surface area contributed by atoms with Gasteiger partial charge in [-0.1, -0.05) is 31.9 Å². The van der Waals surface area contributed by atoms with Crippen LogP contribution in [0.1, 0.15) is 38.2 Å².